The van der Waals surface area contributed by atoms with Gasteiger partial charge in [0.05, 0.1) is 15.9 Å². The van der Waals surface area contributed by atoms with Crippen LogP contribution in [0.1, 0.15) is 5.82 Å². The Balaban J connectivity index is 2.75. The minimum Gasteiger partial charge on any atom is -0.341 e. The first-order valence-electron chi connectivity index (χ1n) is 3.60. The van der Waals surface area contributed by atoms with Crippen LogP contribution in [0.2, 0.25) is 5.02 Å². The lowest BCUT2D eigenvalue weighted by Crippen LogP contribution is -1.76. The lowest BCUT2D eigenvalue weighted by molar-refractivity contribution is 1.15. The molecule has 2 aromatic rings. The van der Waals surface area contributed by atoms with Gasteiger partial charge in [-0.1, -0.05) is 27.5 Å². The van der Waals surface area contributed by atoms with Crippen LogP contribution in [0, 0.1) is 3.57 Å². The van der Waals surface area contributed by atoms with Crippen molar-refractivity contribution in [3.05, 3.63) is 26.5 Å². The first-order chi connectivity index (χ1) is 6.20. The Morgan fingerprint density at radius 2 is 2.31 bits per heavy atom. The van der Waals surface area contributed by atoms with E-state index < -0.39 is 0 Å². The predicted molar refractivity (Wildman–Crippen MR) is 66.5 cm³/mol. The average Bonchev–Trinajstić information content (AvgIpc) is 2.47. The van der Waals surface area contributed by atoms with Gasteiger partial charge in [-0.2, -0.15) is 0 Å². The summed E-state index contributed by atoms with van der Waals surface area (Å²) >= 11 is 11.6. The highest BCUT2D eigenvalue weighted by molar-refractivity contribution is 14.1. The number of hydrogen-bond acceptors (Lipinski definition) is 1. The fraction of sp³-hybridized carbons (Fsp3) is 0.125. The summed E-state index contributed by atoms with van der Waals surface area (Å²) < 4.78 is 1.11. The number of imidazole rings is 1. The van der Waals surface area contributed by atoms with Crippen LogP contribution in [0.25, 0.3) is 11.0 Å². The smallest absolute Gasteiger partial charge is 0.117 e. The van der Waals surface area contributed by atoms with Gasteiger partial charge in [0.25, 0.3) is 0 Å². The molecule has 5 heteroatoms. The molecular weight excluding hydrogens is 366 g/mol. The van der Waals surface area contributed by atoms with Crippen LogP contribution in [0.3, 0.4) is 0 Å². The summed E-state index contributed by atoms with van der Waals surface area (Å²) in [6.07, 6.45) is 0. The van der Waals surface area contributed by atoms with E-state index in [-0.39, 0.29) is 0 Å². The summed E-state index contributed by atoms with van der Waals surface area (Å²) in [5.74, 6) is 0.902. The van der Waals surface area contributed by atoms with Crippen molar-refractivity contribution >= 4 is 61.2 Å². The number of H-pyrrole nitrogens is 1. The van der Waals surface area contributed by atoms with Crippen LogP contribution >= 0.6 is 50.1 Å². The molecule has 13 heavy (non-hydrogen) atoms. The van der Waals surface area contributed by atoms with Gasteiger partial charge in [0.1, 0.15) is 11.3 Å². The topological polar surface area (TPSA) is 28.7 Å². The van der Waals surface area contributed by atoms with Crippen molar-refractivity contribution in [1.29, 1.82) is 0 Å². The second-order valence-electron chi connectivity index (χ2n) is 2.60. The number of nitrogens with one attached hydrogen (secondary N) is 1. The van der Waals surface area contributed by atoms with E-state index in [1.54, 1.807) is 0 Å². The first-order valence-corrected chi connectivity index (χ1v) is 6.18. The molecule has 68 valence electrons. The molecule has 0 amide bonds. The van der Waals surface area contributed by atoms with Crippen molar-refractivity contribution in [2.45, 2.75) is 5.33 Å². The second kappa shape index (κ2) is 3.74. The SMILES string of the molecule is Clc1cc(I)cc2[nH]c(CBr)nc12. The minimum atomic E-state index is 0.699. The standard InChI is InChI=1S/C8H5BrClIN2/c9-3-7-12-6-2-4(11)1-5(10)8(6)13-7/h1-2H,3H2,(H,12,13). The summed E-state index contributed by atoms with van der Waals surface area (Å²) in [5.41, 5.74) is 1.84. The van der Waals surface area contributed by atoms with Gasteiger partial charge in [0.2, 0.25) is 0 Å². The number of rotatable bonds is 1. The van der Waals surface area contributed by atoms with E-state index in [0.717, 1.165) is 20.4 Å². The van der Waals surface area contributed by atoms with Crippen LogP contribution in [-0.4, -0.2) is 9.97 Å². The Bertz CT molecular complexity index is 455. The van der Waals surface area contributed by atoms with E-state index in [4.69, 9.17) is 11.6 Å². The molecule has 1 aromatic heterocycles. The van der Waals surface area contributed by atoms with Crippen molar-refractivity contribution in [3.8, 4) is 0 Å². The number of nitrogens with zero attached hydrogens (tertiary/aromatic N) is 1. The van der Waals surface area contributed by atoms with Crippen molar-refractivity contribution < 1.29 is 0 Å². The molecule has 0 radical (unpaired) electrons. The zero-order valence-electron chi connectivity index (χ0n) is 6.44. The largest absolute Gasteiger partial charge is 0.341 e. The Morgan fingerprint density at radius 1 is 1.54 bits per heavy atom. The van der Waals surface area contributed by atoms with Crippen LogP contribution < -0.4 is 0 Å². The van der Waals surface area contributed by atoms with Gasteiger partial charge in [0, 0.05) is 3.57 Å². The van der Waals surface area contributed by atoms with E-state index >= 15 is 0 Å². The number of aromatic nitrogens is 2. The fourth-order valence-corrected chi connectivity index (χ4v) is 2.49. The highest BCUT2D eigenvalue weighted by Gasteiger charge is 2.06. The molecule has 0 aliphatic rings. The molecule has 1 N–H and O–H groups in total. The van der Waals surface area contributed by atoms with Crippen molar-refractivity contribution in [2.24, 2.45) is 0 Å². The number of alkyl halides is 1. The lowest BCUT2D eigenvalue weighted by atomic mass is 10.3. The van der Waals surface area contributed by atoms with Crippen molar-refractivity contribution in [3.63, 3.8) is 0 Å². The van der Waals surface area contributed by atoms with E-state index in [2.05, 4.69) is 48.5 Å². The number of benzene rings is 1. The highest BCUT2D eigenvalue weighted by Crippen LogP contribution is 2.24. The molecule has 0 atom stereocenters. The van der Waals surface area contributed by atoms with Gasteiger partial charge in [0.15, 0.2) is 0 Å². The third kappa shape index (κ3) is 1.85. The van der Waals surface area contributed by atoms with Crippen LogP contribution in [0.15, 0.2) is 12.1 Å². The molecule has 1 aromatic carbocycles. The van der Waals surface area contributed by atoms with Gasteiger partial charge in [-0.25, -0.2) is 4.98 Å². The van der Waals surface area contributed by atoms with Crippen LogP contribution in [0.4, 0.5) is 0 Å². The molecule has 0 aliphatic heterocycles. The maximum atomic E-state index is 6.03. The maximum Gasteiger partial charge on any atom is 0.117 e. The van der Waals surface area contributed by atoms with E-state index in [1.165, 1.54) is 0 Å². The monoisotopic (exact) mass is 370 g/mol. The van der Waals surface area contributed by atoms with Gasteiger partial charge >= 0.3 is 0 Å². The summed E-state index contributed by atoms with van der Waals surface area (Å²) in [6, 6.07) is 3.93. The average molecular weight is 371 g/mol. The quantitative estimate of drug-likeness (QED) is 0.601. The van der Waals surface area contributed by atoms with Crippen molar-refractivity contribution in [2.75, 3.05) is 0 Å². The second-order valence-corrected chi connectivity index (χ2v) is 4.81. The molecule has 0 saturated heterocycles. The third-order valence-electron chi connectivity index (χ3n) is 1.68. The van der Waals surface area contributed by atoms with Crippen LogP contribution in [0.5, 0.6) is 0 Å². The maximum absolute atomic E-state index is 6.03. The van der Waals surface area contributed by atoms with Crippen LogP contribution in [-0.2, 0) is 5.33 Å². The Labute approximate surface area is 102 Å². The van der Waals surface area contributed by atoms with Crippen molar-refractivity contribution in [1.82, 2.24) is 9.97 Å². The van der Waals surface area contributed by atoms with Gasteiger partial charge < -0.3 is 4.98 Å². The fourth-order valence-electron chi connectivity index (χ4n) is 1.16. The third-order valence-corrected chi connectivity index (χ3v) is 3.12. The van der Waals surface area contributed by atoms with E-state index in [9.17, 15) is 0 Å². The predicted octanol–water partition coefficient (Wildman–Crippen LogP) is 3.72. The number of fused-ring (bicyclic) bond motifs is 1. The molecule has 1 heterocycles. The van der Waals surface area contributed by atoms with Gasteiger partial charge in [-0.15, -0.1) is 0 Å². The zero-order chi connectivity index (χ0) is 9.42. The Kier molecular flexibility index (Phi) is 2.80. The normalized spacial score (nSPS) is 11.0. The Hall–Kier alpha value is 0.190. The summed E-state index contributed by atoms with van der Waals surface area (Å²) in [6.45, 7) is 0. The highest BCUT2D eigenvalue weighted by atomic mass is 127. The molecule has 0 bridgehead atoms. The summed E-state index contributed by atoms with van der Waals surface area (Å²) in [5, 5.41) is 1.42. The number of aromatic amines is 1. The lowest BCUT2D eigenvalue weighted by Gasteiger charge is -1.92. The van der Waals surface area contributed by atoms with E-state index in [0.29, 0.717) is 10.4 Å². The molecule has 2 nitrogen and oxygen atoms in total. The number of halogens is 3. The van der Waals surface area contributed by atoms with Gasteiger partial charge in [-0.05, 0) is 34.7 Å². The van der Waals surface area contributed by atoms with E-state index in [1.807, 2.05) is 12.1 Å². The van der Waals surface area contributed by atoms with Gasteiger partial charge in [-0.3, -0.25) is 0 Å². The first kappa shape index (κ1) is 9.73. The molecular formula is C8H5BrClIN2. The summed E-state index contributed by atoms with van der Waals surface area (Å²) in [7, 11) is 0. The molecule has 0 saturated carbocycles. The summed E-state index contributed by atoms with van der Waals surface area (Å²) in [4.78, 5) is 7.51. The molecule has 0 aliphatic carbocycles. The molecule has 2 rings (SSSR count). The molecule has 0 spiro atoms. The molecule has 0 unspecified atom stereocenters. The number of hydrogen-bond donors (Lipinski definition) is 1. The molecule has 0 fully saturated rings. The zero-order valence-corrected chi connectivity index (χ0v) is 10.9. The Morgan fingerprint density at radius 3 is 3.00 bits per heavy atom. The minimum absolute atomic E-state index is 0.699.